The molecule has 2 rings (SSSR count). The number of carboxylic acid groups (broad SMARTS) is 2. The lowest BCUT2D eigenvalue weighted by Crippen LogP contribution is -2.11. The fraction of sp³-hybridized carbons (Fsp3) is 0.0667. The Morgan fingerprint density at radius 2 is 1.42 bits per heavy atom. The van der Waals surface area contributed by atoms with Gasteiger partial charge in [-0.1, -0.05) is 18.2 Å². The predicted molar refractivity (Wildman–Crippen MR) is 89.3 cm³/mol. The molecule has 0 spiro atoms. The molecule has 0 saturated carbocycles. The van der Waals surface area contributed by atoms with E-state index in [1.807, 2.05) is 30.3 Å². The van der Waals surface area contributed by atoms with Gasteiger partial charge < -0.3 is 15.5 Å². The normalized spacial score (nSPS) is 9.38. The van der Waals surface area contributed by atoms with Crippen molar-refractivity contribution in [2.45, 2.75) is 0 Å². The second-order valence-electron chi connectivity index (χ2n) is 4.67. The Hall–Kier alpha value is -4.02. The summed E-state index contributed by atoms with van der Waals surface area (Å²) in [6.07, 6.45) is 0. The number of non-ortho nitro benzene ring substituents is 2. The number of nitrogens with one attached hydrogen (secondary N) is 1. The van der Waals surface area contributed by atoms with Crippen molar-refractivity contribution in [3.8, 4) is 0 Å². The summed E-state index contributed by atoms with van der Waals surface area (Å²) >= 11 is 0. The van der Waals surface area contributed by atoms with E-state index in [-0.39, 0.29) is 6.54 Å². The van der Waals surface area contributed by atoms with Crippen molar-refractivity contribution >= 4 is 29.0 Å². The maximum atomic E-state index is 10.5. The number of benzene rings is 2. The number of hydrogen-bond acceptors (Lipinski definition) is 7. The van der Waals surface area contributed by atoms with Crippen LogP contribution < -0.4 is 5.32 Å². The van der Waals surface area contributed by atoms with E-state index in [4.69, 9.17) is 10.2 Å². The lowest BCUT2D eigenvalue weighted by molar-refractivity contribution is -0.394. The number of nitro benzene ring substituents is 2. The van der Waals surface area contributed by atoms with Crippen LogP contribution >= 0.6 is 0 Å². The summed E-state index contributed by atoms with van der Waals surface area (Å²) in [5, 5.41) is 40.3. The Labute approximate surface area is 145 Å². The molecule has 0 atom stereocenters. The van der Waals surface area contributed by atoms with Gasteiger partial charge >= 0.3 is 11.9 Å². The number of aromatic carboxylic acids is 1. The van der Waals surface area contributed by atoms with Gasteiger partial charge in [0.2, 0.25) is 0 Å². The maximum Gasteiger partial charge on any atom is 0.336 e. The first kappa shape index (κ1) is 20.0. The summed E-state index contributed by atoms with van der Waals surface area (Å²) in [6.45, 7) is -0.0377. The molecular weight excluding hydrogens is 350 g/mol. The van der Waals surface area contributed by atoms with E-state index in [0.29, 0.717) is 6.07 Å². The Balaban J connectivity index is 0.000000273. The van der Waals surface area contributed by atoms with Crippen molar-refractivity contribution in [2.75, 3.05) is 11.9 Å². The molecule has 2 aromatic carbocycles. The number of para-hydroxylation sites is 1. The maximum absolute atomic E-state index is 10.5. The minimum Gasteiger partial charge on any atom is -0.480 e. The molecule has 2 aromatic rings. The van der Waals surface area contributed by atoms with E-state index in [9.17, 15) is 29.8 Å². The van der Waals surface area contributed by atoms with Crippen molar-refractivity contribution in [1.29, 1.82) is 0 Å². The molecule has 0 heterocycles. The number of carboxylic acids is 2. The van der Waals surface area contributed by atoms with Crippen molar-refractivity contribution in [3.05, 3.63) is 74.3 Å². The molecule has 0 radical (unpaired) electrons. The molecule has 0 unspecified atom stereocenters. The van der Waals surface area contributed by atoms with Crippen LogP contribution in [-0.4, -0.2) is 38.5 Å². The number of hydrogen-bond donors (Lipinski definition) is 3. The molecule has 0 saturated heterocycles. The third kappa shape index (κ3) is 6.62. The Bertz CT molecular complexity index is 744. The van der Waals surface area contributed by atoms with Crippen LogP contribution in [0.5, 0.6) is 0 Å². The van der Waals surface area contributed by atoms with Gasteiger partial charge in [0.1, 0.15) is 6.54 Å². The first-order valence-electron chi connectivity index (χ1n) is 6.88. The number of anilines is 1. The highest BCUT2D eigenvalue weighted by molar-refractivity contribution is 5.89. The highest BCUT2D eigenvalue weighted by Crippen LogP contribution is 2.22. The van der Waals surface area contributed by atoms with Gasteiger partial charge in [0.15, 0.2) is 0 Å². The number of rotatable bonds is 6. The third-order valence-electron chi connectivity index (χ3n) is 2.79. The van der Waals surface area contributed by atoms with Gasteiger partial charge in [-0.05, 0) is 12.1 Å². The molecule has 0 amide bonds. The smallest absolute Gasteiger partial charge is 0.336 e. The van der Waals surface area contributed by atoms with Crippen molar-refractivity contribution in [1.82, 2.24) is 0 Å². The number of aliphatic carboxylic acids is 1. The van der Waals surface area contributed by atoms with E-state index in [1.165, 1.54) is 0 Å². The molecule has 0 bridgehead atoms. The van der Waals surface area contributed by atoms with Gasteiger partial charge in [-0.2, -0.15) is 0 Å². The lowest BCUT2D eigenvalue weighted by atomic mass is 10.2. The second kappa shape index (κ2) is 9.32. The topological polar surface area (TPSA) is 173 Å². The Morgan fingerprint density at radius 1 is 0.923 bits per heavy atom. The monoisotopic (exact) mass is 363 g/mol. The third-order valence-corrected chi connectivity index (χ3v) is 2.79. The lowest BCUT2D eigenvalue weighted by Gasteiger charge is -2.00. The van der Waals surface area contributed by atoms with Crippen molar-refractivity contribution in [2.24, 2.45) is 0 Å². The van der Waals surface area contributed by atoms with E-state index in [0.717, 1.165) is 17.8 Å². The van der Waals surface area contributed by atoms with Crippen LogP contribution in [0.4, 0.5) is 17.1 Å². The average Bonchev–Trinajstić information content (AvgIpc) is 2.60. The molecule has 0 aliphatic heterocycles. The highest BCUT2D eigenvalue weighted by Gasteiger charge is 2.19. The summed E-state index contributed by atoms with van der Waals surface area (Å²) < 4.78 is 0. The zero-order chi connectivity index (χ0) is 19.7. The van der Waals surface area contributed by atoms with Crippen LogP contribution in [0.3, 0.4) is 0 Å². The zero-order valence-corrected chi connectivity index (χ0v) is 13.1. The van der Waals surface area contributed by atoms with E-state index >= 15 is 0 Å². The number of carbonyl (C=O) groups is 2. The van der Waals surface area contributed by atoms with Crippen LogP contribution in [0.1, 0.15) is 10.4 Å². The van der Waals surface area contributed by atoms with Gasteiger partial charge in [0.25, 0.3) is 11.4 Å². The van der Waals surface area contributed by atoms with Crippen LogP contribution in [-0.2, 0) is 4.79 Å². The van der Waals surface area contributed by atoms with E-state index in [2.05, 4.69) is 5.32 Å². The Morgan fingerprint density at radius 3 is 1.81 bits per heavy atom. The standard InChI is InChI=1S/C8H9NO2.C7H4N2O6/c10-8(11)6-9-7-4-2-1-3-5-7;10-7(11)4-1-5(8(12)13)3-6(2-4)9(14)15/h1-5,9H,6H2,(H,10,11);1-3H,(H,10,11). The predicted octanol–water partition coefficient (Wildman–Crippen LogP) is 2.38. The fourth-order valence-electron chi connectivity index (χ4n) is 1.66. The van der Waals surface area contributed by atoms with Crippen LogP contribution in [0, 0.1) is 20.2 Å². The van der Waals surface area contributed by atoms with Gasteiger partial charge in [-0.25, -0.2) is 4.79 Å². The van der Waals surface area contributed by atoms with Crippen LogP contribution in [0.2, 0.25) is 0 Å². The summed E-state index contributed by atoms with van der Waals surface area (Å²) in [4.78, 5) is 39.5. The molecule has 0 aliphatic rings. The first-order chi connectivity index (χ1) is 12.2. The molecule has 0 fully saturated rings. The SMILES string of the molecule is O=C(O)CNc1ccccc1.O=C(O)c1cc([N+](=O)[O-])cc([N+](=O)[O-])c1. The largest absolute Gasteiger partial charge is 0.480 e. The molecule has 11 heteroatoms. The summed E-state index contributed by atoms with van der Waals surface area (Å²) in [7, 11) is 0. The highest BCUT2D eigenvalue weighted by atomic mass is 16.6. The first-order valence-corrected chi connectivity index (χ1v) is 6.88. The minimum atomic E-state index is -1.46. The van der Waals surface area contributed by atoms with Gasteiger partial charge in [-0.15, -0.1) is 0 Å². The Kier molecular flexibility index (Phi) is 7.18. The zero-order valence-electron chi connectivity index (χ0n) is 13.1. The number of nitrogens with zero attached hydrogens (tertiary/aromatic N) is 2. The van der Waals surface area contributed by atoms with Gasteiger partial charge in [0.05, 0.1) is 21.5 Å². The molecule has 0 aromatic heterocycles. The summed E-state index contributed by atoms with van der Waals surface area (Å²) in [6, 6.07) is 11.4. The quantitative estimate of drug-likeness (QED) is 0.514. The average molecular weight is 363 g/mol. The number of nitro groups is 2. The minimum absolute atomic E-state index is 0.0377. The van der Waals surface area contributed by atoms with E-state index < -0.39 is 38.7 Å². The fourth-order valence-corrected chi connectivity index (χ4v) is 1.66. The molecule has 0 aliphatic carbocycles. The molecular formula is C15H13N3O8. The van der Waals surface area contributed by atoms with Gasteiger partial charge in [-0.3, -0.25) is 25.0 Å². The van der Waals surface area contributed by atoms with Gasteiger partial charge in [0, 0.05) is 17.8 Å². The van der Waals surface area contributed by atoms with Crippen LogP contribution in [0.15, 0.2) is 48.5 Å². The van der Waals surface area contributed by atoms with Crippen molar-refractivity contribution in [3.63, 3.8) is 0 Å². The summed E-state index contributed by atoms with van der Waals surface area (Å²) in [5.41, 5.74) is -0.908. The van der Waals surface area contributed by atoms with E-state index in [1.54, 1.807) is 0 Å². The summed E-state index contributed by atoms with van der Waals surface area (Å²) in [5.74, 6) is -2.31. The van der Waals surface area contributed by atoms with Crippen LogP contribution in [0.25, 0.3) is 0 Å². The molecule has 11 nitrogen and oxygen atoms in total. The molecule has 3 N–H and O–H groups in total. The second-order valence-corrected chi connectivity index (χ2v) is 4.67. The molecule has 136 valence electrons. The molecule has 26 heavy (non-hydrogen) atoms. The van der Waals surface area contributed by atoms with Crippen molar-refractivity contribution < 1.29 is 29.6 Å².